The number of benzene rings is 1. The SMILES string of the molecule is O=C(CCl)N=C1S[C@H]2CS(=O)(=O)C[C@H]2N1c1cccc(Cl)c1Cl. The summed E-state index contributed by atoms with van der Waals surface area (Å²) in [4.78, 5) is 17.3. The number of amides is 1. The van der Waals surface area contributed by atoms with Gasteiger partial charge in [0.2, 0.25) is 0 Å². The lowest BCUT2D eigenvalue weighted by Gasteiger charge is -2.25. The number of carbonyl (C=O) groups excluding carboxylic acids is 1. The molecule has 3 rings (SSSR count). The number of nitrogens with zero attached hydrogens (tertiary/aromatic N) is 2. The van der Waals surface area contributed by atoms with E-state index >= 15 is 0 Å². The quantitative estimate of drug-likeness (QED) is 0.698. The highest BCUT2D eigenvalue weighted by atomic mass is 35.5. The zero-order valence-corrected chi connectivity index (χ0v) is 15.5. The molecule has 1 aromatic carbocycles. The zero-order valence-electron chi connectivity index (χ0n) is 11.6. The molecule has 0 aromatic heterocycles. The van der Waals surface area contributed by atoms with Gasteiger partial charge in [-0.3, -0.25) is 4.79 Å². The van der Waals surface area contributed by atoms with E-state index in [-0.39, 0.29) is 28.7 Å². The van der Waals surface area contributed by atoms with Crippen LogP contribution in [0.3, 0.4) is 0 Å². The molecule has 2 aliphatic rings. The summed E-state index contributed by atoms with van der Waals surface area (Å²) in [5.74, 6) is -0.693. The lowest BCUT2D eigenvalue weighted by atomic mass is 10.2. The molecule has 124 valence electrons. The number of fused-ring (bicyclic) bond motifs is 1. The number of sulfone groups is 1. The number of thioether (sulfide) groups is 1. The second-order valence-electron chi connectivity index (χ2n) is 5.17. The lowest BCUT2D eigenvalue weighted by molar-refractivity contribution is -0.115. The predicted octanol–water partition coefficient (Wildman–Crippen LogP) is 2.83. The number of amidine groups is 1. The van der Waals surface area contributed by atoms with Crippen LogP contribution in [0.25, 0.3) is 0 Å². The fourth-order valence-corrected chi connectivity index (χ4v) is 7.03. The molecule has 0 unspecified atom stereocenters. The van der Waals surface area contributed by atoms with Crippen LogP contribution in [-0.4, -0.2) is 48.2 Å². The van der Waals surface area contributed by atoms with Crippen LogP contribution in [0.4, 0.5) is 5.69 Å². The number of hydrogen-bond donors (Lipinski definition) is 0. The highest BCUT2D eigenvalue weighted by molar-refractivity contribution is 8.16. The highest BCUT2D eigenvalue weighted by Crippen LogP contribution is 2.44. The van der Waals surface area contributed by atoms with Crippen molar-refractivity contribution in [3.63, 3.8) is 0 Å². The summed E-state index contributed by atoms with van der Waals surface area (Å²) >= 11 is 19.1. The van der Waals surface area contributed by atoms with E-state index in [1.165, 1.54) is 11.8 Å². The van der Waals surface area contributed by atoms with Gasteiger partial charge in [0.15, 0.2) is 15.0 Å². The lowest BCUT2D eigenvalue weighted by Crippen LogP contribution is -2.38. The molecule has 1 amide bonds. The number of halogens is 3. The van der Waals surface area contributed by atoms with Crippen LogP contribution in [0.5, 0.6) is 0 Å². The standard InChI is InChI=1S/C13H11Cl3N2O3S2/c14-4-11(19)17-13-18(8-3-1-2-7(15)12(8)16)9-5-23(20,21)6-10(9)22-13/h1-3,9-10H,4-6H2/t9-,10+/m1/s1. The second-order valence-corrected chi connectivity index (χ2v) is 9.58. The molecule has 5 nitrogen and oxygen atoms in total. The second kappa shape index (κ2) is 6.44. The van der Waals surface area contributed by atoms with Gasteiger partial charge in [-0.2, -0.15) is 4.99 Å². The van der Waals surface area contributed by atoms with E-state index in [9.17, 15) is 13.2 Å². The number of anilines is 1. The van der Waals surface area contributed by atoms with Gasteiger partial charge in [0.25, 0.3) is 5.91 Å². The van der Waals surface area contributed by atoms with Gasteiger partial charge in [0.05, 0.1) is 33.3 Å². The topological polar surface area (TPSA) is 66.8 Å². The van der Waals surface area contributed by atoms with Crippen LogP contribution in [0.15, 0.2) is 23.2 Å². The van der Waals surface area contributed by atoms with Crippen LogP contribution < -0.4 is 4.90 Å². The minimum absolute atomic E-state index is 0.0123. The summed E-state index contributed by atoms with van der Waals surface area (Å²) in [6.45, 7) is 0. The largest absolute Gasteiger partial charge is 0.314 e. The monoisotopic (exact) mass is 412 g/mol. The third-order valence-electron chi connectivity index (χ3n) is 3.59. The van der Waals surface area contributed by atoms with Gasteiger partial charge in [-0.25, -0.2) is 8.42 Å². The molecule has 23 heavy (non-hydrogen) atoms. The Hall–Kier alpha value is -0.470. The number of rotatable bonds is 2. The minimum Gasteiger partial charge on any atom is -0.314 e. The molecule has 2 aliphatic heterocycles. The average Bonchev–Trinajstić information content (AvgIpc) is 2.93. The Balaban J connectivity index is 2.09. The van der Waals surface area contributed by atoms with E-state index in [1.807, 2.05) is 0 Å². The van der Waals surface area contributed by atoms with Gasteiger partial charge in [0, 0.05) is 5.25 Å². The molecule has 0 aliphatic carbocycles. The van der Waals surface area contributed by atoms with Gasteiger partial charge in [-0.05, 0) is 12.1 Å². The van der Waals surface area contributed by atoms with Crippen molar-refractivity contribution in [1.29, 1.82) is 0 Å². The Morgan fingerprint density at radius 2 is 2.09 bits per heavy atom. The molecule has 0 N–H and O–H groups in total. The summed E-state index contributed by atoms with van der Waals surface area (Å²) in [6, 6.07) is 4.75. The Morgan fingerprint density at radius 1 is 1.35 bits per heavy atom. The zero-order chi connectivity index (χ0) is 16.8. The van der Waals surface area contributed by atoms with Crippen molar-refractivity contribution in [2.75, 3.05) is 22.3 Å². The predicted molar refractivity (Wildman–Crippen MR) is 95.9 cm³/mol. The Bertz CT molecular complexity index is 798. The van der Waals surface area contributed by atoms with Gasteiger partial charge in [0.1, 0.15) is 5.88 Å². The summed E-state index contributed by atoms with van der Waals surface area (Å²) in [5, 5.41) is 0.855. The van der Waals surface area contributed by atoms with Crippen molar-refractivity contribution in [3.05, 3.63) is 28.2 Å². The Labute approximate surface area is 152 Å². The summed E-state index contributed by atoms with van der Waals surface area (Å²) in [6.07, 6.45) is 0. The maximum absolute atomic E-state index is 11.9. The Morgan fingerprint density at radius 3 is 2.78 bits per heavy atom. The summed E-state index contributed by atoms with van der Waals surface area (Å²) in [7, 11) is -3.13. The fourth-order valence-electron chi connectivity index (χ4n) is 2.66. The van der Waals surface area contributed by atoms with Crippen molar-refractivity contribution < 1.29 is 13.2 Å². The molecule has 0 bridgehead atoms. The molecule has 2 atom stereocenters. The van der Waals surface area contributed by atoms with Crippen molar-refractivity contribution >= 4 is 73.2 Å². The van der Waals surface area contributed by atoms with E-state index in [0.29, 0.717) is 20.9 Å². The van der Waals surface area contributed by atoms with Crippen LogP contribution in [0.2, 0.25) is 10.0 Å². The molecule has 0 radical (unpaired) electrons. The van der Waals surface area contributed by atoms with Crippen LogP contribution in [-0.2, 0) is 14.6 Å². The maximum Gasteiger partial charge on any atom is 0.262 e. The van der Waals surface area contributed by atoms with Crippen molar-refractivity contribution in [2.24, 2.45) is 4.99 Å². The summed E-state index contributed by atoms with van der Waals surface area (Å²) in [5.41, 5.74) is 0.539. The number of aliphatic imine (C=N–C) groups is 1. The third-order valence-corrected chi connectivity index (χ3v) is 7.84. The normalized spacial score (nSPS) is 27.4. The molecule has 2 fully saturated rings. The van der Waals surface area contributed by atoms with Crippen LogP contribution >= 0.6 is 46.6 Å². The van der Waals surface area contributed by atoms with E-state index in [2.05, 4.69) is 4.99 Å². The van der Waals surface area contributed by atoms with Crippen LogP contribution in [0.1, 0.15) is 0 Å². The maximum atomic E-state index is 11.9. The number of hydrogen-bond acceptors (Lipinski definition) is 4. The van der Waals surface area contributed by atoms with Gasteiger partial charge in [-0.1, -0.05) is 41.0 Å². The molecule has 0 saturated carbocycles. The molecule has 0 spiro atoms. The van der Waals surface area contributed by atoms with Gasteiger partial charge < -0.3 is 4.90 Å². The first-order valence-corrected chi connectivity index (χ1v) is 10.6. The summed E-state index contributed by atoms with van der Waals surface area (Å²) < 4.78 is 23.9. The first-order chi connectivity index (χ1) is 10.8. The smallest absolute Gasteiger partial charge is 0.262 e. The van der Waals surface area contributed by atoms with Crippen molar-refractivity contribution in [2.45, 2.75) is 11.3 Å². The minimum atomic E-state index is -3.13. The molecule has 10 heteroatoms. The van der Waals surface area contributed by atoms with Gasteiger partial charge >= 0.3 is 0 Å². The van der Waals surface area contributed by atoms with Crippen molar-refractivity contribution in [1.82, 2.24) is 0 Å². The van der Waals surface area contributed by atoms with E-state index in [1.54, 1.807) is 23.1 Å². The first kappa shape index (κ1) is 17.4. The van der Waals surface area contributed by atoms with Gasteiger partial charge in [-0.15, -0.1) is 11.6 Å². The molecular formula is C13H11Cl3N2O3S2. The molecule has 2 saturated heterocycles. The number of carbonyl (C=O) groups is 1. The Kier molecular flexibility index (Phi) is 4.86. The van der Waals surface area contributed by atoms with E-state index in [4.69, 9.17) is 34.8 Å². The molecular weight excluding hydrogens is 403 g/mol. The van der Waals surface area contributed by atoms with E-state index in [0.717, 1.165) is 0 Å². The fraction of sp³-hybridized carbons (Fsp3) is 0.385. The third kappa shape index (κ3) is 3.35. The highest BCUT2D eigenvalue weighted by Gasteiger charge is 2.49. The average molecular weight is 414 g/mol. The number of alkyl halides is 1. The van der Waals surface area contributed by atoms with Crippen LogP contribution in [0, 0.1) is 0 Å². The van der Waals surface area contributed by atoms with Crippen molar-refractivity contribution in [3.8, 4) is 0 Å². The molecule has 1 aromatic rings. The molecule has 2 heterocycles. The van der Waals surface area contributed by atoms with E-state index < -0.39 is 15.7 Å². The first-order valence-electron chi connectivity index (χ1n) is 6.60.